The molecule has 0 saturated carbocycles. The first-order chi connectivity index (χ1) is 10.1. The number of nitrogens with zero attached hydrogens (tertiary/aromatic N) is 1. The Morgan fingerprint density at radius 1 is 0.905 bits per heavy atom. The number of hydrogen-bond donors (Lipinski definition) is 0. The van der Waals surface area contributed by atoms with Gasteiger partial charge in [0.15, 0.2) is 5.78 Å². The van der Waals surface area contributed by atoms with Gasteiger partial charge in [-0.3, -0.25) is 4.79 Å². The lowest BCUT2D eigenvalue weighted by atomic mass is 10.0. The van der Waals surface area contributed by atoms with Crippen LogP contribution in [0.5, 0.6) is 0 Å². The molecule has 2 heteroatoms. The minimum Gasteiger partial charge on any atom is -0.309 e. The first kappa shape index (κ1) is 15.5. The summed E-state index contributed by atoms with van der Waals surface area (Å²) in [5, 5.41) is 0. The van der Waals surface area contributed by atoms with Crippen LogP contribution < -0.4 is 0 Å². The van der Waals surface area contributed by atoms with Gasteiger partial charge in [-0.15, -0.1) is 0 Å². The van der Waals surface area contributed by atoms with Crippen LogP contribution in [0, 0.1) is 6.92 Å². The van der Waals surface area contributed by atoms with Gasteiger partial charge in [-0.1, -0.05) is 54.1 Å². The fourth-order valence-electron chi connectivity index (χ4n) is 2.29. The zero-order valence-corrected chi connectivity index (χ0v) is 13.1. The van der Waals surface area contributed by atoms with Gasteiger partial charge in [0.25, 0.3) is 0 Å². The maximum atomic E-state index is 12.1. The van der Waals surface area contributed by atoms with E-state index in [1.807, 2.05) is 38.4 Å². The van der Waals surface area contributed by atoms with Crippen LogP contribution in [0.3, 0.4) is 0 Å². The number of aryl methyl sites for hydroxylation is 1. The van der Waals surface area contributed by atoms with Crippen molar-refractivity contribution in [3.05, 3.63) is 59.7 Å². The maximum Gasteiger partial charge on any atom is 0.162 e. The minimum atomic E-state index is 0.229. The van der Waals surface area contributed by atoms with Crippen LogP contribution in [0.4, 0.5) is 0 Å². The molecule has 2 nitrogen and oxygen atoms in total. The fraction of sp³-hybridized carbons (Fsp3) is 0.316. The summed E-state index contributed by atoms with van der Waals surface area (Å²) in [5.74, 6) is 0.229. The number of carbonyl (C=O) groups is 1. The van der Waals surface area contributed by atoms with Crippen LogP contribution in [0.1, 0.15) is 28.8 Å². The third-order valence-corrected chi connectivity index (χ3v) is 3.60. The lowest BCUT2D eigenvalue weighted by molar-refractivity contribution is 0.0977. The maximum absolute atomic E-state index is 12.1. The monoisotopic (exact) mass is 281 g/mol. The molecule has 2 aromatic carbocycles. The topological polar surface area (TPSA) is 20.3 Å². The predicted octanol–water partition coefficient (Wildman–Crippen LogP) is 4.19. The van der Waals surface area contributed by atoms with Crippen molar-refractivity contribution in [2.24, 2.45) is 0 Å². The zero-order valence-electron chi connectivity index (χ0n) is 13.1. The van der Waals surface area contributed by atoms with Crippen LogP contribution >= 0.6 is 0 Å². The van der Waals surface area contributed by atoms with Gasteiger partial charge in [0.05, 0.1) is 0 Å². The molecule has 21 heavy (non-hydrogen) atoms. The van der Waals surface area contributed by atoms with Crippen molar-refractivity contribution in [2.45, 2.75) is 19.8 Å². The average Bonchev–Trinajstić information content (AvgIpc) is 2.48. The summed E-state index contributed by atoms with van der Waals surface area (Å²) in [6, 6.07) is 16.4. The van der Waals surface area contributed by atoms with E-state index in [4.69, 9.17) is 0 Å². The molecular weight excluding hydrogens is 258 g/mol. The van der Waals surface area contributed by atoms with Crippen LogP contribution in [0.15, 0.2) is 48.5 Å². The van der Waals surface area contributed by atoms with Crippen LogP contribution in [-0.2, 0) is 0 Å². The minimum absolute atomic E-state index is 0.229. The van der Waals surface area contributed by atoms with E-state index in [9.17, 15) is 4.79 Å². The van der Waals surface area contributed by atoms with E-state index in [1.54, 1.807) is 0 Å². The number of carbonyl (C=O) groups excluding carboxylic acids is 1. The van der Waals surface area contributed by atoms with Crippen molar-refractivity contribution in [3.63, 3.8) is 0 Å². The van der Waals surface area contributed by atoms with E-state index in [2.05, 4.69) is 36.1 Å². The Hall–Kier alpha value is -1.93. The summed E-state index contributed by atoms with van der Waals surface area (Å²) >= 11 is 0. The van der Waals surface area contributed by atoms with Crippen molar-refractivity contribution in [2.75, 3.05) is 20.6 Å². The number of rotatable bonds is 6. The summed E-state index contributed by atoms with van der Waals surface area (Å²) in [7, 11) is 4.06. The Labute approximate surface area is 127 Å². The molecule has 0 N–H and O–H groups in total. The molecule has 2 rings (SSSR count). The Balaban J connectivity index is 2.01. The Morgan fingerprint density at radius 3 is 1.95 bits per heavy atom. The molecule has 0 radical (unpaired) electrons. The SMILES string of the molecule is Cc1ccc(-c2ccc(C(=O)CCCN(C)C)cc2)cc1. The van der Waals surface area contributed by atoms with Crippen LogP contribution in [-0.4, -0.2) is 31.3 Å². The molecule has 0 unspecified atom stereocenters. The molecule has 0 spiro atoms. The number of benzene rings is 2. The highest BCUT2D eigenvalue weighted by Crippen LogP contribution is 2.20. The van der Waals surface area contributed by atoms with Gasteiger partial charge in [-0.25, -0.2) is 0 Å². The quantitative estimate of drug-likeness (QED) is 0.740. The van der Waals surface area contributed by atoms with E-state index >= 15 is 0 Å². The standard InChI is InChI=1S/C19H23NO/c1-15-6-8-16(9-7-15)17-10-12-18(13-11-17)19(21)5-4-14-20(2)3/h6-13H,4-5,14H2,1-3H3. The van der Waals surface area contributed by atoms with E-state index < -0.39 is 0 Å². The molecule has 0 saturated heterocycles. The molecule has 0 fully saturated rings. The summed E-state index contributed by atoms with van der Waals surface area (Å²) in [6.45, 7) is 3.03. The van der Waals surface area contributed by atoms with Crippen molar-refractivity contribution in [1.82, 2.24) is 4.90 Å². The van der Waals surface area contributed by atoms with Gasteiger partial charge in [-0.2, -0.15) is 0 Å². The highest BCUT2D eigenvalue weighted by molar-refractivity contribution is 5.96. The molecule has 0 bridgehead atoms. The Morgan fingerprint density at radius 2 is 1.43 bits per heavy atom. The molecule has 0 heterocycles. The molecular formula is C19H23NO. The lowest BCUT2D eigenvalue weighted by Gasteiger charge is -2.08. The second kappa shape index (κ2) is 7.19. The largest absolute Gasteiger partial charge is 0.309 e. The third kappa shape index (κ3) is 4.54. The van der Waals surface area contributed by atoms with Crippen molar-refractivity contribution >= 4 is 5.78 Å². The first-order valence-corrected chi connectivity index (χ1v) is 7.41. The highest BCUT2D eigenvalue weighted by atomic mass is 16.1. The summed E-state index contributed by atoms with van der Waals surface area (Å²) < 4.78 is 0. The van der Waals surface area contributed by atoms with Gasteiger partial charge >= 0.3 is 0 Å². The zero-order chi connectivity index (χ0) is 15.2. The lowest BCUT2D eigenvalue weighted by Crippen LogP contribution is -2.14. The number of ketones is 1. The fourth-order valence-corrected chi connectivity index (χ4v) is 2.29. The van der Waals surface area contributed by atoms with Crippen LogP contribution in [0.25, 0.3) is 11.1 Å². The number of hydrogen-bond acceptors (Lipinski definition) is 2. The van der Waals surface area contributed by atoms with E-state index in [-0.39, 0.29) is 5.78 Å². The summed E-state index contributed by atoms with van der Waals surface area (Å²) in [6.07, 6.45) is 1.52. The average molecular weight is 281 g/mol. The molecule has 0 aliphatic rings. The van der Waals surface area contributed by atoms with Gasteiger partial charge in [-0.05, 0) is 45.1 Å². The second-order valence-corrected chi connectivity index (χ2v) is 5.77. The predicted molar refractivity (Wildman–Crippen MR) is 88.7 cm³/mol. The Bertz CT molecular complexity index is 582. The van der Waals surface area contributed by atoms with E-state index in [0.29, 0.717) is 6.42 Å². The molecule has 0 aliphatic carbocycles. The van der Waals surface area contributed by atoms with Crippen LogP contribution in [0.2, 0.25) is 0 Å². The van der Waals surface area contributed by atoms with Crippen molar-refractivity contribution in [1.29, 1.82) is 0 Å². The molecule has 0 amide bonds. The molecule has 0 aliphatic heterocycles. The van der Waals surface area contributed by atoms with Gasteiger partial charge in [0.1, 0.15) is 0 Å². The molecule has 2 aromatic rings. The summed E-state index contributed by atoms with van der Waals surface area (Å²) in [5.41, 5.74) is 4.41. The Kier molecular flexibility index (Phi) is 5.29. The normalized spacial score (nSPS) is 10.9. The van der Waals surface area contributed by atoms with Crippen molar-refractivity contribution < 1.29 is 4.79 Å². The smallest absolute Gasteiger partial charge is 0.162 e. The van der Waals surface area contributed by atoms with Gasteiger partial charge < -0.3 is 4.90 Å². The van der Waals surface area contributed by atoms with Gasteiger partial charge in [0, 0.05) is 12.0 Å². The van der Waals surface area contributed by atoms with E-state index in [1.165, 1.54) is 11.1 Å². The molecule has 0 atom stereocenters. The molecule has 110 valence electrons. The summed E-state index contributed by atoms with van der Waals surface area (Å²) in [4.78, 5) is 14.2. The highest BCUT2D eigenvalue weighted by Gasteiger charge is 2.06. The third-order valence-electron chi connectivity index (χ3n) is 3.60. The first-order valence-electron chi connectivity index (χ1n) is 7.41. The van der Waals surface area contributed by atoms with Crippen molar-refractivity contribution in [3.8, 4) is 11.1 Å². The van der Waals surface area contributed by atoms with E-state index in [0.717, 1.165) is 24.1 Å². The second-order valence-electron chi connectivity index (χ2n) is 5.77. The number of Topliss-reactive ketones (excluding diaryl/α,β-unsaturated/α-hetero) is 1. The molecule has 0 aromatic heterocycles. The van der Waals surface area contributed by atoms with Gasteiger partial charge in [0.2, 0.25) is 0 Å².